The van der Waals surface area contributed by atoms with E-state index in [9.17, 15) is 4.79 Å². The number of amides is 1. The second-order valence-electron chi connectivity index (χ2n) is 8.46. The van der Waals surface area contributed by atoms with Gasteiger partial charge in [0.2, 0.25) is 5.91 Å². The van der Waals surface area contributed by atoms with Crippen LogP contribution >= 0.6 is 0 Å². The second kappa shape index (κ2) is 8.10. The molecular formula is C22H31NO3. The molecule has 3 aliphatic rings. The maximum absolute atomic E-state index is 12.8. The number of hydrogen-bond donors (Lipinski definition) is 0. The lowest BCUT2D eigenvalue weighted by Gasteiger charge is -2.30. The Labute approximate surface area is 156 Å². The lowest BCUT2D eigenvalue weighted by atomic mass is 9.81. The molecule has 2 atom stereocenters. The van der Waals surface area contributed by atoms with E-state index in [0.29, 0.717) is 18.3 Å². The fourth-order valence-corrected chi connectivity index (χ4v) is 5.06. The van der Waals surface area contributed by atoms with Crippen molar-refractivity contribution < 1.29 is 14.3 Å². The summed E-state index contributed by atoms with van der Waals surface area (Å²) in [6, 6.07) is 10.1. The Morgan fingerprint density at radius 3 is 2.81 bits per heavy atom. The normalized spacial score (nSPS) is 29.1. The van der Waals surface area contributed by atoms with Gasteiger partial charge in [0.1, 0.15) is 0 Å². The monoisotopic (exact) mass is 357 g/mol. The molecule has 0 bridgehead atoms. The number of carbonyl (C=O) groups is 1. The zero-order valence-corrected chi connectivity index (χ0v) is 15.7. The molecular weight excluding hydrogens is 326 g/mol. The first-order valence-corrected chi connectivity index (χ1v) is 10.2. The number of ether oxygens (including phenoxy) is 2. The summed E-state index contributed by atoms with van der Waals surface area (Å²) in [6.45, 7) is 5.25. The summed E-state index contributed by atoms with van der Waals surface area (Å²) in [5.74, 6) is 1.54. The summed E-state index contributed by atoms with van der Waals surface area (Å²) in [5.41, 5.74) is 1.32. The van der Waals surface area contributed by atoms with Crippen LogP contribution in [0, 0.1) is 17.3 Å². The molecule has 2 saturated heterocycles. The van der Waals surface area contributed by atoms with Crippen LogP contribution in [0.3, 0.4) is 0 Å². The van der Waals surface area contributed by atoms with E-state index in [1.165, 1.54) is 19.3 Å². The van der Waals surface area contributed by atoms with Gasteiger partial charge < -0.3 is 14.4 Å². The Bertz CT molecular complexity index is 599. The average molecular weight is 357 g/mol. The van der Waals surface area contributed by atoms with E-state index in [2.05, 4.69) is 4.90 Å². The van der Waals surface area contributed by atoms with Crippen LogP contribution in [0.5, 0.6) is 0 Å². The Balaban J connectivity index is 1.31. The summed E-state index contributed by atoms with van der Waals surface area (Å²) < 4.78 is 11.7. The number of nitrogens with zero attached hydrogens (tertiary/aromatic N) is 1. The zero-order valence-electron chi connectivity index (χ0n) is 15.7. The maximum atomic E-state index is 12.8. The van der Waals surface area contributed by atoms with Crippen LogP contribution in [0.1, 0.15) is 37.7 Å². The van der Waals surface area contributed by atoms with Crippen molar-refractivity contribution >= 4 is 5.91 Å². The van der Waals surface area contributed by atoms with Crippen molar-refractivity contribution in [1.29, 1.82) is 0 Å². The van der Waals surface area contributed by atoms with E-state index in [1.807, 2.05) is 30.3 Å². The molecule has 3 fully saturated rings. The highest BCUT2D eigenvalue weighted by Gasteiger charge is 2.50. The summed E-state index contributed by atoms with van der Waals surface area (Å²) >= 11 is 0. The van der Waals surface area contributed by atoms with Crippen LogP contribution in [-0.4, -0.2) is 50.3 Å². The van der Waals surface area contributed by atoms with Gasteiger partial charge in [0, 0.05) is 38.3 Å². The summed E-state index contributed by atoms with van der Waals surface area (Å²) in [6.07, 6.45) is 6.51. The van der Waals surface area contributed by atoms with Crippen molar-refractivity contribution in [3.63, 3.8) is 0 Å². The van der Waals surface area contributed by atoms with Gasteiger partial charge in [-0.15, -0.1) is 0 Å². The highest BCUT2D eigenvalue weighted by Crippen LogP contribution is 2.49. The lowest BCUT2D eigenvalue weighted by Crippen LogP contribution is -2.36. The molecule has 2 aliphatic heterocycles. The molecule has 4 rings (SSSR count). The van der Waals surface area contributed by atoms with Gasteiger partial charge in [-0.2, -0.15) is 0 Å². The molecule has 1 saturated carbocycles. The third-order valence-electron chi connectivity index (χ3n) is 6.67. The molecule has 1 aromatic carbocycles. The molecule has 0 radical (unpaired) electrons. The molecule has 0 N–H and O–H groups in total. The molecule has 0 aromatic heterocycles. The van der Waals surface area contributed by atoms with Gasteiger partial charge in [-0.1, -0.05) is 36.8 Å². The first-order valence-electron chi connectivity index (χ1n) is 10.2. The molecule has 4 nitrogen and oxygen atoms in total. The van der Waals surface area contributed by atoms with E-state index >= 15 is 0 Å². The predicted octanol–water partition coefficient (Wildman–Crippen LogP) is 3.30. The zero-order chi connectivity index (χ0) is 17.8. The van der Waals surface area contributed by atoms with Crippen molar-refractivity contribution in [2.45, 2.75) is 38.5 Å². The Kier molecular flexibility index (Phi) is 5.60. The molecule has 1 amide bonds. The van der Waals surface area contributed by atoms with Gasteiger partial charge in [-0.3, -0.25) is 4.79 Å². The molecule has 0 unspecified atom stereocenters. The Hall–Kier alpha value is -1.39. The minimum atomic E-state index is 0.206. The SMILES string of the molecule is O=C(Cc1ccccc1)N1C[C@H]2CCC[C@@]2(COCC2CCOCC2)C1. The third kappa shape index (κ3) is 3.96. The number of fused-ring (bicyclic) bond motifs is 1. The molecule has 1 aromatic rings. The van der Waals surface area contributed by atoms with Crippen molar-refractivity contribution in [3.8, 4) is 0 Å². The van der Waals surface area contributed by atoms with E-state index in [4.69, 9.17) is 9.47 Å². The number of likely N-dealkylation sites (tertiary alicyclic amines) is 1. The van der Waals surface area contributed by atoms with E-state index < -0.39 is 0 Å². The van der Waals surface area contributed by atoms with E-state index in [0.717, 1.165) is 57.9 Å². The predicted molar refractivity (Wildman–Crippen MR) is 101 cm³/mol. The molecule has 0 spiro atoms. The molecule has 26 heavy (non-hydrogen) atoms. The molecule has 2 heterocycles. The van der Waals surface area contributed by atoms with Crippen LogP contribution in [0.4, 0.5) is 0 Å². The third-order valence-corrected chi connectivity index (χ3v) is 6.67. The summed E-state index contributed by atoms with van der Waals surface area (Å²) in [5, 5.41) is 0. The fraction of sp³-hybridized carbons (Fsp3) is 0.682. The average Bonchev–Trinajstić information content (AvgIpc) is 3.21. The smallest absolute Gasteiger partial charge is 0.227 e. The Morgan fingerprint density at radius 2 is 2.00 bits per heavy atom. The van der Waals surface area contributed by atoms with Crippen molar-refractivity contribution in [3.05, 3.63) is 35.9 Å². The van der Waals surface area contributed by atoms with Crippen LogP contribution in [0.2, 0.25) is 0 Å². The largest absolute Gasteiger partial charge is 0.381 e. The highest BCUT2D eigenvalue weighted by atomic mass is 16.5. The number of rotatable bonds is 6. The van der Waals surface area contributed by atoms with Gasteiger partial charge in [-0.25, -0.2) is 0 Å². The second-order valence-corrected chi connectivity index (χ2v) is 8.46. The van der Waals surface area contributed by atoms with Crippen LogP contribution in [-0.2, 0) is 20.7 Å². The summed E-state index contributed by atoms with van der Waals surface area (Å²) in [4.78, 5) is 14.9. The number of carbonyl (C=O) groups excluding carboxylic acids is 1. The Morgan fingerprint density at radius 1 is 1.19 bits per heavy atom. The highest BCUT2D eigenvalue weighted by molar-refractivity contribution is 5.79. The minimum absolute atomic E-state index is 0.206. The first-order chi connectivity index (χ1) is 12.8. The van der Waals surface area contributed by atoms with Gasteiger partial charge in [0.25, 0.3) is 0 Å². The van der Waals surface area contributed by atoms with Crippen LogP contribution in [0.25, 0.3) is 0 Å². The minimum Gasteiger partial charge on any atom is -0.381 e. The quantitative estimate of drug-likeness (QED) is 0.784. The van der Waals surface area contributed by atoms with Crippen molar-refractivity contribution in [2.24, 2.45) is 17.3 Å². The van der Waals surface area contributed by atoms with Gasteiger partial charge in [0.05, 0.1) is 13.0 Å². The number of hydrogen-bond acceptors (Lipinski definition) is 3. The van der Waals surface area contributed by atoms with E-state index in [-0.39, 0.29) is 11.3 Å². The maximum Gasteiger partial charge on any atom is 0.227 e. The first kappa shape index (κ1) is 18.0. The van der Waals surface area contributed by atoms with E-state index in [1.54, 1.807) is 0 Å². The molecule has 4 heteroatoms. The summed E-state index contributed by atoms with van der Waals surface area (Å²) in [7, 11) is 0. The van der Waals surface area contributed by atoms with Crippen molar-refractivity contribution in [1.82, 2.24) is 4.90 Å². The van der Waals surface area contributed by atoms with Gasteiger partial charge in [-0.05, 0) is 43.1 Å². The van der Waals surface area contributed by atoms with Crippen LogP contribution in [0.15, 0.2) is 30.3 Å². The molecule has 142 valence electrons. The molecule has 1 aliphatic carbocycles. The topological polar surface area (TPSA) is 38.8 Å². The van der Waals surface area contributed by atoms with Crippen LogP contribution < -0.4 is 0 Å². The lowest BCUT2D eigenvalue weighted by molar-refractivity contribution is -0.130. The standard InChI is InChI=1S/C22H31NO3/c24-21(13-18-5-2-1-3-6-18)23-14-20-7-4-10-22(20,16-23)17-26-15-19-8-11-25-12-9-19/h1-3,5-6,19-20H,4,7-17H2/t20-,22+/m1/s1. The fourth-order valence-electron chi connectivity index (χ4n) is 5.06. The number of benzene rings is 1. The van der Waals surface area contributed by atoms with Gasteiger partial charge >= 0.3 is 0 Å². The van der Waals surface area contributed by atoms with Gasteiger partial charge in [0.15, 0.2) is 0 Å². The van der Waals surface area contributed by atoms with Crippen molar-refractivity contribution in [2.75, 3.05) is 39.5 Å².